The molecule has 1 aliphatic carbocycles. The van der Waals surface area contributed by atoms with Crippen LogP contribution in [0.1, 0.15) is 32.6 Å². The minimum Gasteiger partial charge on any atom is -0.212 e. The van der Waals surface area contributed by atoms with Crippen molar-refractivity contribution in [2.45, 2.75) is 32.6 Å². The fourth-order valence-corrected chi connectivity index (χ4v) is 3.97. The van der Waals surface area contributed by atoms with E-state index in [2.05, 4.69) is 0 Å². The van der Waals surface area contributed by atoms with Crippen molar-refractivity contribution in [3.8, 4) is 0 Å². The molecule has 2 fully saturated rings. The summed E-state index contributed by atoms with van der Waals surface area (Å²) in [7, 11) is -2.92. The minimum absolute atomic E-state index is 0.256. The van der Waals surface area contributed by atoms with Crippen LogP contribution in [0, 0.1) is 11.8 Å². The molecule has 2 rings (SSSR count). The topological polar surface area (TPSA) is 37.4 Å². The van der Waals surface area contributed by atoms with Crippen LogP contribution in [-0.4, -0.2) is 31.6 Å². The van der Waals surface area contributed by atoms with Gasteiger partial charge in [0.15, 0.2) is 0 Å². The van der Waals surface area contributed by atoms with Crippen LogP contribution in [-0.2, 0) is 10.0 Å². The zero-order chi connectivity index (χ0) is 10.2. The quantitative estimate of drug-likeness (QED) is 0.702. The largest absolute Gasteiger partial charge is 0.213 e. The molecule has 0 N–H and O–H groups in total. The Kier molecular flexibility index (Phi) is 2.84. The first-order valence-corrected chi connectivity index (χ1v) is 7.22. The molecule has 2 aliphatic rings. The summed E-state index contributed by atoms with van der Waals surface area (Å²) in [5.41, 5.74) is 0. The summed E-state index contributed by atoms with van der Waals surface area (Å²) < 4.78 is 25.1. The lowest BCUT2D eigenvalue weighted by molar-refractivity contribution is 0.299. The molecule has 0 aromatic carbocycles. The second-order valence-electron chi connectivity index (χ2n) is 4.52. The van der Waals surface area contributed by atoms with Crippen LogP contribution in [0.3, 0.4) is 0 Å². The van der Waals surface area contributed by atoms with E-state index in [1.165, 1.54) is 25.7 Å². The van der Waals surface area contributed by atoms with Crippen molar-refractivity contribution in [3.63, 3.8) is 0 Å². The molecule has 0 aromatic rings. The van der Waals surface area contributed by atoms with Crippen LogP contribution in [0.15, 0.2) is 0 Å². The molecule has 14 heavy (non-hydrogen) atoms. The number of hydrogen-bond acceptors (Lipinski definition) is 2. The Morgan fingerprint density at radius 1 is 1.14 bits per heavy atom. The van der Waals surface area contributed by atoms with Crippen LogP contribution in [0.4, 0.5) is 0 Å². The van der Waals surface area contributed by atoms with E-state index >= 15 is 0 Å². The molecule has 82 valence electrons. The summed E-state index contributed by atoms with van der Waals surface area (Å²) in [6.45, 7) is 3.32. The summed E-state index contributed by atoms with van der Waals surface area (Å²) >= 11 is 0. The van der Waals surface area contributed by atoms with Crippen LogP contribution in [0.25, 0.3) is 0 Å². The van der Waals surface area contributed by atoms with Gasteiger partial charge in [0, 0.05) is 13.1 Å². The monoisotopic (exact) mass is 217 g/mol. The molecule has 1 heterocycles. The van der Waals surface area contributed by atoms with Gasteiger partial charge in [-0.05, 0) is 31.6 Å². The highest BCUT2D eigenvalue weighted by Gasteiger charge is 2.38. The first kappa shape index (κ1) is 10.4. The van der Waals surface area contributed by atoms with Crippen LogP contribution in [0.5, 0.6) is 0 Å². The Morgan fingerprint density at radius 2 is 1.64 bits per heavy atom. The van der Waals surface area contributed by atoms with E-state index in [-0.39, 0.29) is 5.75 Å². The highest BCUT2D eigenvalue weighted by atomic mass is 32.2. The van der Waals surface area contributed by atoms with Crippen LogP contribution < -0.4 is 0 Å². The first-order valence-electron chi connectivity index (χ1n) is 5.61. The predicted molar refractivity (Wildman–Crippen MR) is 56.5 cm³/mol. The van der Waals surface area contributed by atoms with Gasteiger partial charge in [0.25, 0.3) is 0 Å². The summed E-state index contributed by atoms with van der Waals surface area (Å²) in [5, 5.41) is 0. The van der Waals surface area contributed by atoms with E-state index in [1.54, 1.807) is 11.2 Å². The Morgan fingerprint density at radius 3 is 2.07 bits per heavy atom. The zero-order valence-electron chi connectivity index (χ0n) is 8.78. The molecule has 0 radical (unpaired) electrons. The fourth-order valence-electron chi connectivity index (χ4n) is 2.77. The van der Waals surface area contributed by atoms with Gasteiger partial charge in [-0.15, -0.1) is 0 Å². The Hall–Kier alpha value is -0.0900. The van der Waals surface area contributed by atoms with Crippen LogP contribution in [0.2, 0.25) is 0 Å². The van der Waals surface area contributed by atoms with Crippen molar-refractivity contribution in [1.29, 1.82) is 0 Å². The molecule has 0 aromatic heterocycles. The third-order valence-corrected chi connectivity index (χ3v) is 5.52. The fraction of sp³-hybridized carbons (Fsp3) is 1.00. The second kappa shape index (κ2) is 3.81. The lowest BCUT2D eigenvalue weighted by Gasteiger charge is -2.22. The molecule has 1 aliphatic heterocycles. The van der Waals surface area contributed by atoms with Crippen molar-refractivity contribution < 1.29 is 8.42 Å². The Balaban J connectivity index is 2.06. The molecule has 0 amide bonds. The van der Waals surface area contributed by atoms with Crippen molar-refractivity contribution in [2.24, 2.45) is 11.8 Å². The third kappa shape index (κ3) is 1.82. The van der Waals surface area contributed by atoms with Crippen molar-refractivity contribution in [3.05, 3.63) is 0 Å². The lowest BCUT2D eigenvalue weighted by Crippen LogP contribution is -2.30. The first-order chi connectivity index (χ1) is 6.63. The van der Waals surface area contributed by atoms with Crippen molar-refractivity contribution in [2.75, 3.05) is 18.8 Å². The minimum atomic E-state index is -2.92. The summed E-state index contributed by atoms with van der Waals surface area (Å²) in [6, 6.07) is 0. The molecular weight excluding hydrogens is 198 g/mol. The van der Waals surface area contributed by atoms with E-state index in [0.29, 0.717) is 11.8 Å². The van der Waals surface area contributed by atoms with Gasteiger partial charge in [-0.25, -0.2) is 12.7 Å². The normalized spacial score (nSPS) is 34.4. The summed E-state index contributed by atoms with van der Waals surface area (Å²) in [5.74, 6) is 1.57. The van der Waals surface area contributed by atoms with Crippen LogP contribution >= 0.6 is 0 Å². The maximum absolute atomic E-state index is 11.7. The number of sulfonamides is 1. The van der Waals surface area contributed by atoms with E-state index in [0.717, 1.165) is 13.1 Å². The molecule has 0 unspecified atom stereocenters. The average Bonchev–Trinajstić information content (AvgIpc) is 2.61. The SMILES string of the molecule is CCS(=O)(=O)N1C[C@H]2CCCC[C@H]2C1. The van der Waals surface area contributed by atoms with E-state index in [1.807, 2.05) is 0 Å². The smallest absolute Gasteiger partial charge is 0.212 e. The van der Waals surface area contributed by atoms with Gasteiger partial charge in [0.1, 0.15) is 0 Å². The van der Waals surface area contributed by atoms with Gasteiger partial charge in [-0.2, -0.15) is 0 Å². The number of hydrogen-bond donors (Lipinski definition) is 0. The standard InChI is InChI=1S/C10H19NO2S/c1-2-14(12,13)11-7-9-5-3-4-6-10(9)8-11/h9-10H,2-8H2,1H3/t9-,10+. The number of rotatable bonds is 2. The molecule has 0 spiro atoms. The maximum atomic E-state index is 11.7. The lowest BCUT2D eigenvalue weighted by atomic mass is 9.82. The predicted octanol–water partition coefficient (Wildman–Crippen LogP) is 1.46. The summed E-state index contributed by atoms with van der Waals surface area (Å²) in [6.07, 6.45) is 5.06. The van der Waals surface area contributed by atoms with Gasteiger partial charge in [0.2, 0.25) is 10.0 Å². The van der Waals surface area contributed by atoms with Gasteiger partial charge in [-0.3, -0.25) is 0 Å². The average molecular weight is 217 g/mol. The maximum Gasteiger partial charge on any atom is 0.213 e. The highest BCUT2D eigenvalue weighted by molar-refractivity contribution is 7.89. The molecule has 2 atom stereocenters. The van der Waals surface area contributed by atoms with Crippen molar-refractivity contribution >= 4 is 10.0 Å². The molecule has 1 saturated heterocycles. The van der Waals surface area contributed by atoms with Gasteiger partial charge < -0.3 is 0 Å². The van der Waals surface area contributed by atoms with E-state index in [9.17, 15) is 8.42 Å². The second-order valence-corrected chi connectivity index (χ2v) is 6.78. The third-order valence-electron chi connectivity index (χ3n) is 3.70. The summed E-state index contributed by atoms with van der Waals surface area (Å²) in [4.78, 5) is 0. The number of fused-ring (bicyclic) bond motifs is 1. The van der Waals surface area contributed by atoms with Gasteiger partial charge in [-0.1, -0.05) is 12.8 Å². The molecule has 3 nitrogen and oxygen atoms in total. The molecule has 0 bridgehead atoms. The Bertz CT molecular complexity index is 285. The van der Waals surface area contributed by atoms with Gasteiger partial charge in [0.05, 0.1) is 5.75 Å². The van der Waals surface area contributed by atoms with Crippen molar-refractivity contribution in [1.82, 2.24) is 4.31 Å². The van der Waals surface area contributed by atoms with E-state index in [4.69, 9.17) is 0 Å². The van der Waals surface area contributed by atoms with Gasteiger partial charge >= 0.3 is 0 Å². The number of nitrogens with zero attached hydrogens (tertiary/aromatic N) is 1. The highest BCUT2D eigenvalue weighted by Crippen LogP contribution is 2.36. The molecule has 1 saturated carbocycles. The molecule has 4 heteroatoms. The Labute approximate surface area is 86.5 Å². The molecular formula is C10H19NO2S. The zero-order valence-corrected chi connectivity index (χ0v) is 9.59. The van der Waals surface area contributed by atoms with E-state index < -0.39 is 10.0 Å².